The topological polar surface area (TPSA) is 29.5 Å². The molecule has 1 aliphatic rings. The number of ether oxygens (including phenoxy) is 1. The highest BCUT2D eigenvalue weighted by Crippen LogP contribution is 2.39. The van der Waals surface area contributed by atoms with E-state index in [2.05, 4.69) is 63.7 Å². The lowest BCUT2D eigenvalue weighted by atomic mass is 9.87. The third kappa shape index (κ3) is 4.68. The third-order valence-electron chi connectivity index (χ3n) is 4.67. The van der Waals surface area contributed by atoms with E-state index in [1.807, 2.05) is 24.3 Å². The summed E-state index contributed by atoms with van der Waals surface area (Å²) in [5.74, 6) is 0. The molecular weight excluding hydrogens is 366 g/mol. The van der Waals surface area contributed by atoms with E-state index in [-0.39, 0.29) is 11.5 Å². The van der Waals surface area contributed by atoms with Crippen LogP contribution >= 0.6 is 11.8 Å². The van der Waals surface area contributed by atoms with E-state index < -0.39 is 0 Å². The van der Waals surface area contributed by atoms with Gasteiger partial charge in [0.25, 0.3) is 0 Å². The van der Waals surface area contributed by atoms with Gasteiger partial charge in [0.2, 0.25) is 0 Å². The van der Waals surface area contributed by atoms with Crippen LogP contribution in [-0.2, 0) is 10.2 Å². The van der Waals surface area contributed by atoms with E-state index in [0.29, 0.717) is 19.6 Å². The van der Waals surface area contributed by atoms with E-state index in [1.165, 1.54) is 5.56 Å². The summed E-state index contributed by atoms with van der Waals surface area (Å²) in [5.41, 5.74) is 3.58. The number of hydrogen-bond acceptors (Lipinski definition) is 3. The zero-order valence-corrected chi connectivity index (χ0v) is 17.6. The van der Waals surface area contributed by atoms with Crippen molar-refractivity contribution in [3.05, 3.63) is 83.4 Å². The summed E-state index contributed by atoms with van der Waals surface area (Å²) >= 11 is 1.61. The third-order valence-corrected chi connectivity index (χ3v) is 5.84. The van der Waals surface area contributed by atoms with Gasteiger partial charge in [-0.1, -0.05) is 81.1 Å². The molecule has 0 aliphatic carbocycles. The second kappa shape index (κ2) is 8.70. The number of carbonyl (C=O) groups is 1. The van der Waals surface area contributed by atoms with Crippen LogP contribution in [0.1, 0.15) is 38.3 Å². The zero-order chi connectivity index (χ0) is 20.1. The van der Waals surface area contributed by atoms with Gasteiger partial charge in [-0.3, -0.25) is 4.90 Å². The van der Waals surface area contributed by atoms with Gasteiger partial charge in [0, 0.05) is 4.90 Å². The van der Waals surface area contributed by atoms with Crippen molar-refractivity contribution in [1.82, 2.24) is 4.90 Å². The molecule has 3 nitrogen and oxygen atoms in total. The highest BCUT2D eigenvalue weighted by Gasteiger charge is 2.29. The van der Waals surface area contributed by atoms with Crippen LogP contribution in [-0.4, -0.2) is 24.1 Å². The van der Waals surface area contributed by atoms with Crippen molar-refractivity contribution in [2.75, 3.05) is 13.2 Å². The molecule has 2 aromatic rings. The highest BCUT2D eigenvalue weighted by atomic mass is 32.2. The maximum atomic E-state index is 12.4. The molecule has 1 fully saturated rings. The fourth-order valence-corrected chi connectivity index (χ4v) is 4.20. The summed E-state index contributed by atoms with van der Waals surface area (Å²) in [6.45, 7) is 11.5. The Morgan fingerprint density at radius 1 is 1.14 bits per heavy atom. The Morgan fingerprint density at radius 3 is 2.36 bits per heavy atom. The second-order valence-corrected chi connectivity index (χ2v) is 8.85. The first-order valence-corrected chi connectivity index (χ1v) is 10.3. The Morgan fingerprint density at radius 2 is 1.82 bits per heavy atom. The number of amides is 1. The first-order chi connectivity index (χ1) is 13.4. The summed E-state index contributed by atoms with van der Waals surface area (Å²) in [6.07, 6.45) is 2.27. The highest BCUT2D eigenvalue weighted by molar-refractivity contribution is 8.03. The average molecular weight is 394 g/mol. The van der Waals surface area contributed by atoms with Crippen LogP contribution in [0, 0.1) is 0 Å². The van der Waals surface area contributed by atoms with Gasteiger partial charge in [-0.2, -0.15) is 0 Å². The van der Waals surface area contributed by atoms with Gasteiger partial charge in [0.15, 0.2) is 0 Å². The first kappa shape index (κ1) is 20.3. The number of cyclic esters (lactones) is 1. The lowest BCUT2D eigenvalue weighted by Crippen LogP contribution is -2.23. The minimum absolute atomic E-state index is 0.110. The van der Waals surface area contributed by atoms with Crippen molar-refractivity contribution in [1.29, 1.82) is 0 Å². The van der Waals surface area contributed by atoms with Gasteiger partial charge < -0.3 is 4.74 Å². The number of nitrogens with zero attached hydrogens (tertiary/aromatic N) is 1. The predicted molar refractivity (Wildman–Crippen MR) is 117 cm³/mol. The fourth-order valence-electron chi connectivity index (χ4n) is 3.10. The van der Waals surface area contributed by atoms with Gasteiger partial charge >= 0.3 is 6.09 Å². The molecule has 28 heavy (non-hydrogen) atoms. The Kier molecular flexibility index (Phi) is 6.30. The van der Waals surface area contributed by atoms with Crippen LogP contribution in [0.2, 0.25) is 0 Å². The van der Waals surface area contributed by atoms with Crippen molar-refractivity contribution in [2.45, 2.75) is 37.5 Å². The number of benzene rings is 2. The molecule has 0 bridgehead atoms. The molecule has 1 aliphatic heterocycles. The minimum atomic E-state index is -0.286. The molecular formula is C24H27NO2S. The molecule has 3 rings (SSSR count). The Balaban J connectivity index is 2.04. The van der Waals surface area contributed by atoms with Crippen LogP contribution < -0.4 is 0 Å². The van der Waals surface area contributed by atoms with E-state index >= 15 is 0 Å². The van der Waals surface area contributed by atoms with Gasteiger partial charge in [0.1, 0.15) is 6.61 Å². The maximum Gasteiger partial charge on any atom is 0.414 e. The first-order valence-electron chi connectivity index (χ1n) is 9.52. The average Bonchev–Trinajstić information content (AvgIpc) is 3.10. The van der Waals surface area contributed by atoms with Crippen molar-refractivity contribution >= 4 is 23.4 Å². The smallest absolute Gasteiger partial charge is 0.414 e. The largest absolute Gasteiger partial charge is 0.447 e. The molecule has 0 aromatic heterocycles. The number of thioether (sulfide) groups is 1. The summed E-state index contributed by atoms with van der Waals surface area (Å²) in [6, 6.07) is 18.8. The molecule has 0 saturated carbocycles. The molecule has 0 spiro atoms. The molecule has 0 unspecified atom stereocenters. The molecule has 1 amide bonds. The molecule has 2 aromatic carbocycles. The molecule has 4 heteroatoms. The lowest BCUT2D eigenvalue weighted by Gasteiger charge is -2.22. The van der Waals surface area contributed by atoms with Crippen molar-refractivity contribution in [2.24, 2.45) is 0 Å². The van der Waals surface area contributed by atoms with Crippen LogP contribution in [0.5, 0.6) is 0 Å². The Bertz CT molecular complexity index is 864. The summed E-state index contributed by atoms with van der Waals surface area (Å²) in [5, 5.41) is 0.914. The fraction of sp³-hybridized carbons (Fsp3) is 0.292. The van der Waals surface area contributed by atoms with Crippen LogP contribution in [0.25, 0.3) is 5.57 Å². The molecule has 0 N–H and O–H groups in total. The van der Waals surface area contributed by atoms with Gasteiger partial charge in [-0.25, -0.2) is 4.79 Å². The molecule has 1 heterocycles. The maximum absolute atomic E-state index is 12.4. The second-order valence-electron chi connectivity index (χ2n) is 7.78. The molecule has 0 atom stereocenters. The number of hydrogen-bond donors (Lipinski definition) is 0. The van der Waals surface area contributed by atoms with E-state index in [0.717, 1.165) is 21.1 Å². The summed E-state index contributed by atoms with van der Waals surface area (Å²) in [4.78, 5) is 15.2. The Labute approximate surface area is 172 Å². The lowest BCUT2D eigenvalue weighted by molar-refractivity contribution is 0.165. The number of rotatable bonds is 6. The molecule has 0 radical (unpaired) electrons. The number of carbonyl (C=O) groups excluding carboxylic acids is 1. The van der Waals surface area contributed by atoms with Crippen molar-refractivity contribution in [3.63, 3.8) is 0 Å². The Hall–Kier alpha value is -2.46. The SMILES string of the molecule is C=CC/C(=C(\Sc1ccc(C(C)(C)C)cc1)N1CCOC1=O)c1ccccc1. The molecule has 146 valence electrons. The summed E-state index contributed by atoms with van der Waals surface area (Å²) in [7, 11) is 0. The predicted octanol–water partition coefficient (Wildman–Crippen LogP) is 6.47. The quantitative estimate of drug-likeness (QED) is 0.416. The van der Waals surface area contributed by atoms with Crippen LogP contribution in [0.4, 0.5) is 4.79 Å². The van der Waals surface area contributed by atoms with Crippen molar-refractivity contribution in [3.8, 4) is 0 Å². The van der Waals surface area contributed by atoms with E-state index in [9.17, 15) is 4.79 Å². The minimum Gasteiger partial charge on any atom is -0.447 e. The zero-order valence-electron chi connectivity index (χ0n) is 16.8. The van der Waals surface area contributed by atoms with Crippen LogP contribution in [0.3, 0.4) is 0 Å². The van der Waals surface area contributed by atoms with E-state index in [1.54, 1.807) is 16.7 Å². The molecule has 1 saturated heterocycles. The van der Waals surface area contributed by atoms with E-state index in [4.69, 9.17) is 4.74 Å². The van der Waals surface area contributed by atoms with Gasteiger partial charge in [0.05, 0.1) is 11.6 Å². The summed E-state index contributed by atoms with van der Waals surface area (Å²) < 4.78 is 5.23. The monoisotopic (exact) mass is 393 g/mol. The normalized spacial score (nSPS) is 15.2. The van der Waals surface area contributed by atoms with Gasteiger partial charge in [-0.05, 0) is 40.7 Å². The van der Waals surface area contributed by atoms with Crippen molar-refractivity contribution < 1.29 is 9.53 Å². The standard InChI is InChI=1S/C24H27NO2S/c1-5-9-21(18-10-7-6-8-11-18)22(25-16-17-27-23(25)26)28-20-14-12-19(13-15-20)24(2,3)4/h5-8,10-15H,1,9,16-17H2,2-4H3/b22-21+. The van der Waals surface area contributed by atoms with Crippen LogP contribution in [0.15, 0.2) is 77.2 Å². The van der Waals surface area contributed by atoms with Gasteiger partial charge in [-0.15, -0.1) is 6.58 Å². The number of allylic oxidation sites excluding steroid dienone is 2.